The molecular weight excluding hydrogens is 737 g/mol. The molecule has 2 aromatic rings. The van der Waals surface area contributed by atoms with Crippen molar-refractivity contribution in [3.8, 4) is 0 Å². The monoisotopic (exact) mass is 784 g/mol. The average Bonchev–Trinajstić information content (AvgIpc) is 3.59. The molecular formula is C36H48N8O8S2. The minimum atomic E-state index is -3.75. The van der Waals surface area contributed by atoms with Gasteiger partial charge >= 0.3 is 0 Å². The van der Waals surface area contributed by atoms with Crippen LogP contribution in [0.15, 0.2) is 40.4 Å². The second kappa shape index (κ2) is 16.0. The summed E-state index contributed by atoms with van der Waals surface area (Å²) in [5.74, 6) is -3.05. The summed E-state index contributed by atoms with van der Waals surface area (Å²) in [4.78, 5) is 73.8. The van der Waals surface area contributed by atoms with Gasteiger partial charge in [0.05, 0.1) is 22.8 Å². The average molecular weight is 785 g/mol. The van der Waals surface area contributed by atoms with Gasteiger partial charge in [-0.1, -0.05) is 37.3 Å². The number of aromatic nitrogens is 3. The number of aliphatic imine (C=N–C) groups is 1. The van der Waals surface area contributed by atoms with Gasteiger partial charge in [-0.05, 0) is 87.6 Å². The van der Waals surface area contributed by atoms with Crippen LogP contribution in [0.25, 0.3) is 0 Å². The predicted molar refractivity (Wildman–Crippen MR) is 199 cm³/mol. The van der Waals surface area contributed by atoms with Crippen molar-refractivity contribution in [3.05, 3.63) is 41.7 Å². The molecule has 1 aromatic carbocycles. The summed E-state index contributed by atoms with van der Waals surface area (Å²) in [6, 6.07) is 3.47. The SMILES string of the molecule is CC(C)(O)c1cnnn1[C@H]1C[C@@H](C(=O)NC2(C(=O)C(N)=O)CCSCC2)N(C(=O)C(CC2CCCCC2)=NC(=O)c2ccc(S(=O)(=O)NC3CC3)cc2)C1. The van der Waals surface area contributed by atoms with E-state index in [0.717, 1.165) is 44.9 Å². The first-order chi connectivity index (χ1) is 25.6. The van der Waals surface area contributed by atoms with Gasteiger partial charge in [-0.2, -0.15) is 11.8 Å². The van der Waals surface area contributed by atoms with Crippen LogP contribution in [0.3, 0.4) is 0 Å². The largest absolute Gasteiger partial charge is 0.384 e. The van der Waals surface area contributed by atoms with Crippen LogP contribution in [0.2, 0.25) is 0 Å². The van der Waals surface area contributed by atoms with Crippen molar-refractivity contribution < 1.29 is 37.5 Å². The smallest absolute Gasteiger partial charge is 0.287 e. The fourth-order valence-electron chi connectivity index (χ4n) is 7.56. The Morgan fingerprint density at radius 2 is 1.70 bits per heavy atom. The lowest BCUT2D eigenvalue weighted by molar-refractivity contribution is -0.143. The Kier molecular flexibility index (Phi) is 11.8. The number of sulfonamides is 1. The number of Topliss-reactive ketones (excluding diaryl/α,β-unsaturated/α-hetero) is 1. The molecule has 292 valence electrons. The first-order valence-electron chi connectivity index (χ1n) is 18.5. The van der Waals surface area contributed by atoms with Crippen molar-refractivity contribution in [2.45, 2.75) is 119 Å². The first kappa shape index (κ1) is 39.7. The Labute approximate surface area is 318 Å². The molecule has 1 aromatic heterocycles. The second-order valence-corrected chi connectivity index (χ2v) is 18.3. The summed E-state index contributed by atoms with van der Waals surface area (Å²) >= 11 is 1.58. The molecule has 6 rings (SSSR count). The molecule has 2 saturated carbocycles. The van der Waals surface area contributed by atoms with E-state index in [2.05, 4.69) is 25.3 Å². The Hall–Kier alpha value is -4.00. The number of aliphatic hydroxyl groups is 1. The van der Waals surface area contributed by atoms with Gasteiger partial charge in [0.25, 0.3) is 17.7 Å². The number of thioether (sulfide) groups is 1. The Morgan fingerprint density at radius 1 is 1.04 bits per heavy atom. The van der Waals surface area contributed by atoms with Crippen molar-refractivity contribution in [1.82, 2.24) is 29.9 Å². The highest BCUT2D eigenvalue weighted by Crippen LogP contribution is 2.35. The zero-order valence-electron chi connectivity index (χ0n) is 30.5. The summed E-state index contributed by atoms with van der Waals surface area (Å²) in [6.45, 7) is 3.07. The molecule has 2 aliphatic carbocycles. The van der Waals surface area contributed by atoms with Crippen LogP contribution in [-0.2, 0) is 34.8 Å². The third-order valence-corrected chi connectivity index (χ3v) is 13.3. The number of nitrogens with two attached hydrogens (primary N) is 1. The van der Waals surface area contributed by atoms with Crippen LogP contribution < -0.4 is 15.8 Å². The second-order valence-electron chi connectivity index (χ2n) is 15.4. The zero-order valence-corrected chi connectivity index (χ0v) is 32.2. The Bertz CT molecular complexity index is 1910. The van der Waals surface area contributed by atoms with E-state index in [1.807, 2.05) is 0 Å². The molecule has 3 heterocycles. The lowest BCUT2D eigenvalue weighted by Crippen LogP contribution is -2.63. The minimum absolute atomic E-state index is 0.00748. The maximum Gasteiger partial charge on any atom is 0.287 e. The predicted octanol–water partition coefficient (Wildman–Crippen LogP) is 1.78. The maximum absolute atomic E-state index is 14.7. The number of amides is 4. The maximum atomic E-state index is 14.7. The normalized spacial score (nSPS) is 22.5. The molecule has 0 bridgehead atoms. The number of benzene rings is 1. The number of nitrogens with zero attached hydrogens (tertiary/aromatic N) is 5. The van der Waals surface area contributed by atoms with E-state index in [1.54, 1.807) is 25.6 Å². The number of primary amides is 1. The molecule has 0 radical (unpaired) electrons. The van der Waals surface area contributed by atoms with Gasteiger partial charge in [0.2, 0.25) is 21.7 Å². The van der Waals surface area contributed by atoms with Crippen LogP contribution in [0.1, 0.15) is 107 Å². The third kappa shape index (κ3) is 8.92. The Morgan fingerprint density at radius 3 is 2.31 bits per heavy atom. The molecule has 0 unspecified atom stereocenters. The van der Waals surface area contributed by atoms with Gasteiger partial charge in [0.1, 0.15) is 22.9 Å². The summed E-state index contributed by atoms with van der Waals surface area (Å²) < 4.78 is 29.5. The van der Waals surface area contributed by atoms with Crippen LogP contribution in [-0.4, -0.2) is 104 Å². The van der Waals surface area contributed by atoms with Crippen molar-refractivity contribution in [3.63, 3.8) is 0 Å². The zero-order chi connectivity index (χ0) is 38.8. The number of carbonyl (C=O) groups excluding carboxylic acids is 5. The van der Waals surface area contributed by atoms with E-state index in [0.29, 0.717) is 17.2 Å². The summed E-state index contributed by atoms with van der Waals surface area (Å²) in [6.07, 6.45) is 8.16. The molecule has 2 saturated heterocycles. The fourth-order valence-corrected chi connectivity index (χ4v) is 10.1. The van der Waals surface area contributed by atoms with E-state index in [4.69, 9.17) is 5.73 Å². The molecule has 18 heteroatoms. The number of ketones is 1. The quantitative estimate of drug-likeness (QED) is 0.169. The first-order valence-corrected chi connectivity index (χ1v) is 21.1. The number of hydrogen-bond acceptors (Lipinski definition) is 11. The molecule has 5 N–H and O–H groups in total. The number of carbonyl (C=O) groups is 5. The highest BCUT2D eigenvalue weighted by atomic mass is 32.2. The number of rotatable bonds is 13. The molecule has 0 spiro atoms. The highest BCUT2D eigenvalue weighted by Gasteiger charge is 2.49. The van der Waals surface area contributed by atoms with Crippen LogP contribution in [0.5, 0.6) is 0 Å². The molecule has 4 fully saturated rings. The van der Waals surface area contributed by atoms with Crippen molar-refractivity contribution in [2.75, 3.05) is 18.1 Å². The fraction of sp³-hybridized carbons (Fsp3) is 0.611. The third-order valence-electron chi connectivity index (χ3n) is 10.8. The van der Waals surface area contributed by atoms with Crippen molar-refractivity contribution in [2.24, 2.45) is 16.6 Å². The summed E-state index contributed by atoms with van der Waals surface area (Å²) in [5.41, 5.74) is 2.94. The van der Waals surface area contributed by atoms with Gasteiger partial charge in [0.15, 0.2) is 0 Å². The van der Waals surface area contributed by atoms with Gasteiger partial charge in [-0.25, -0.2) is 22.8 Å². The molecule has 16 nitrogen and oxygen atoms in total. The van der Waals surface area contributed by atoms with E-state index >= 15 is 0 Å². The van der Waals surface area contributed by atoms with Gasteiger partial charge in [-0.3, -0.25) is 24.0 Å². The standard InChI is InChI=1S/C36H48N8O8S2/c1-35(2,50)29-20-38-42-44(29)25-19-28(33(48)40-36(30(45)31(37)46)14-16-53-17-15-36)43(21-25)34(49)27(18-22-6-4-3-5-7-22)39-32(47)23-8-12-26(13-9-23)54(51,52)41-24-10-11-24/h8-9,12-13,20,22,24-25,28,41,50H,3-7,10-11,14-19,21H2,1-2H3,(H2,37,46)(H,40,48)/t25-,28-/m0/s1. The van der Waals surface area contributed by atoms with Gasteiger partial charge in [-0.15, -0.1) is 5.10 Å². The molecule has 54 heavy (non-hydrogen) atoms. The van der Waals surface area contributed by atoms with Crippen LogP contribution in [0, 0.1) is 5.92 Å². The van der Waals surface area contributed by atoms with Crippen LogP contribution in [0.4, 0.5) is 0 Å². The number of likely N-dealkylation sites (tertiary alicyclic amines) is 1. The highest BCUT2D eigenvalue weighted by molar-refractivity contribution is 7.99. The van der Waals surface area contributed by atoms with Gasteiger partial charge < -0.3 is 21.1 Å². The number of hydrogen-bond donors (Lipinski definition) is 4. The topological polar surface area (TPSA) is 236 Å². The number of nitrogens with one attached hydrogen (secondary N) is 2. The van der Waals surface area contributed by atoms with Crippen LogP contribution >= 0.6 is 11.8 Å². The molecule has 4 aliphatic rings. The van der Waals surface area contributed by atoms with Gasteiger partial charge in [0, 0.05) is 24.6 Å². The van der Waals surface area contributed by atoms with E-state index in [1.165, 1.54) is 40.0 Å². The molecule has 4 amide bonds. The van der Waals surface area contributed by atoms with Crippen molar-refractivity contribution in [1.29, 1.82) is 0 Å². The van der Waals surface area contributed by atoms with E-state index < -0.39 is 62.7 Å². The Balaban J connectivity index is 1.34. The van der Waals surface area contributed by atoms with E-state index in [9.17, 15) is 37.5 Å². The summed E-state index contributed by atoms with van der Waals surface area (Å²) in [7, 11) is -3.75. The lowest BCUT2D eigenvalue weighted by atomic mass is 9.85. The van der Waals surface area contributed by atoms with E-state index in [-0.39, 0.29) is 60.4 Å². The van der Waals surface area contributed by atoms with Crippen molar-refractivity contribution >= 4 is 56.9 Å². The molecule has 2 aliphatic heterocycles. The lowest BCUT2D eigenvalue weighted by Gasteiger charge is -2.37. The summed E-state index contributed by atoms with van der Waals surface area (Å²) in [5, 5.41) is 21.9. The molecule has 2 atom stereocenters. The minimum Gasteiger partial charge on any atom is -0.384 e.